The lowest BCUT2D eigenvalue weighted by Crippen LogP contribution is -2.27. The average molecular weight is 210 g/mol. The summed E-state index contributed by atoms with van der Waals surface area (Å²) in [6.45, 7) is 8.34. The summed E-state index contributed by atoms with van der Waals surface area (Å²) in [7, 11) is 4.16. The fourth-order valence-corrected chi connectivity index (χ4v) is 1.47. The molecule has 2 heteroatoms. The number of hydrogen-bond acceptors (Lipinski definition) is 2. The van der Waals surface area contributed by atoms with Gasteiger partial charge in [-0.1, -0.05) is 25.5 Å². The van der Waals surface area contributed by atoms with Gasteiger partial charge in [-0.2, -0.15) is 0 Å². The van der Waals surface area contributed by atoms with Crippen molar-refractivity contribution >= 4 is 0 Å². The molecule has 0 spiro atoms. The predicted octanol–water partition coefficient (Wildman–Crippen LogP) is 2.79. The van der Waals surface area contributed by atoms with Crippen molar-refractivity contribution in [3.05, 3.63) is 23.4 Å². The number of hydrogen-bond donors (Lipinski definition) is 1. The fourth-order valence-electron chi connectivity index (χ4n) is 1.47. The maximum absolute atomic E-state index is 3.16. The van der Waals surface area contributed by atoms with Crippen LogP contribution in [0.2, 0.25) is 0 Å². The molecule has 0 aromatic heterocycles. The van der Waals surface area contributed by atoms with Gasteiger partial charge in [-0.15, -0.1) is 0 Å². The second kappa shape index (κ2) is 8.54. The number of allylic oxidation sites excluding steroid dienone is 4. The summed E-state index contributed by atoms with van der Waals surface area (Å²) in [6, 6.07) is 0. The van der Waals surface area contributed by atoms with Crippen LogP contribution in [0.25, 0.3) is 0 Å². The van der Waals surface area contributed by atoms with Gasteiger partial charge in [-0.3, -0.25) is 0 Å². The summed E-state index contributed by atoms with van der Waals surface area (Å²) in [5.41, 5.74) is 2.95. The maximum Gasteiger partial charge on any atom is 0.0296 e. The van der Waals surface area contributed by atoms with E-state index in [4.69, 9.17) is 0 Å². The van der Waals surface area contributed by atoms with Crippen LogP contribution >= 0.6 is 0 Å². The van der Waals surface area contributed by atoms with Gasteiger partial charge in [0.2, 0.25) is 0 Å². The van der Waals surface area contributed by atoms with Crippen LogP contribution in [0.1, 0.15) is 33.6 Å². The molecular formula is C13H26N2. The Bertz CT molecular complexity index is 217. The SMILES string of the molecule is CC.CNCCN(C)C1=CC=C(C)CC1. The molecule has 1 rings (SSSR count). The first kappa shape index (κ1) is 14.2. The van der Waals surface area contributed by atoms with Gasteiger partial charge in [0.1, 0.15) is 0 Å². The third-order valence-electron chi connectivity index (χ3n) is 2.52. The van der Waals surface area contributed by atoms with E-state index >= 15 is 0 Å². The largest absolute Gasteiger partial charge is 0.377 e. The molecule has 0 saturated heterocycles. The van der Waals surface area contributed by atoms with Crippen LogP contribution in [-0.2, 0) is 0 Å². The van der Waals surface area contributed by atoms with Gasteiger partial charge < -0.3 is 10.2 Å². The Morgan fingerprint density at radius 3 is 2.40 bits per heavy atom. The summed E-state index contributed by atoms with van der Waals surface area (Å²) in [5.74, 6) is 0. The Labute approximate surface area is 95.0 Å². The smallest absolute Gasteiger partial charge is 0.0296 e. The van der Waals surface area contributed by atoms with Gasteiger partial charge in [-0.25, -0.2) is 0 Å². The molecular weight excluding hydrogens is 184 g/mol. The lowest BCUT2D eigenvalue weighted by atomic mass is 10.0. The molecule has 1 N–H and O–H groups in total. The van der Waals surface area contributed by atoms with Crippen molar-refractivity contribution in [2.45, 2.75) is 33.6 Å². The summed E-state index contributed by atoms with van der Waals surface area (Å²) >= 11 is 0. The molecule has 0 radical (unpaired) electrons. The van der Waals surface area contributed by atoms with Gasteiger partial charge in [0.25, 0.3) is 0 Å². The minimum atomic E-state index is 1.05. The summed E-state index contributed by atoms with van der Waals surface area (Å²) in [5, 5.41) is 3.16. The van der Waals surface area contributed by atoms with Crippen LogP contribution < -0.4 is 5.32 Å². The molecule has 0 heterocycles. The minimum absolute atomic E-state index is 1.05. The third kappa shape index (κ3) is 5.63. The zero-order valence-electron chi connectivity index (χ0n) is 10.9. The first-order chi connectivity index (χ1) is 7.24. The second-order valence-electron chi connectivity index (χ2n) is 3.70. The van der Waals surface area contributed by atoms with Crippen LogP contribution in [-0.4, -0.2) is 32.1 Å². The predicted molar refractivity (Wildman–Crippen MR) is 69.0 cm³/mol. The lowest BCUT2D eigenvalue weighted by Gasteiger charge is -2.24. The highest BCUT2D eigenvalue weighted by Gasteiger charge is 2.06. The molecule has 0 saturated carbocycles. The van der Waals surface area contributed by atoms with Crippen molar-refractivity contribution in [2.24, 2.45) is 0 Å². The van der Waals surface area contributed by atoms with E-state index in [1.165, 1.54) is 24.1 Å². The Hall–Kier alpha value is -0.760. The molecule has 0 fully saturated rings. The second-order valence-corrected chi connectivity index (χ2v) is 3.70. The van der Waals surface area contributed by atoms with Crippen molar-refractivity contribution in [3.8, 4) is 0 Å². The van der Waals surface area contributed by atoms with Crippen molar-refractivity contribution in [3.63, 3.8) is 0 Å². The summed E-state index contributed by atoms with van der Waals surface area (Å²) in [6.07, 6.45) is 6.89. The minimum Gasteiger partial charge on any atom is -0.377 e. The molecule has 0 bridgehead atoms. The van der Waals surface area contributed by atoms with Crippen LogP contribution in [0.4, 0.5) is 0 Å². The Morgan fingerprint density at radius 2 is 1.93 bits per heavy atom. The monoisotopic (exact) mass is 210 g/mol. The molecule has 0 aromatic carbocycles. The van der Waals surface area contributed by atoms with Crippen molar-refractivity contribution in [1.82, 2.24) is 10.2 Å². The van der Waals surface area contributed by atoms with E-state index in [-0.39, 0.29) is 0 Å². The summed E-state index contributed by atoms with van der Waals surface area (Å²) < 4.78 is 0. The number of rotatable bonds is 4. The Kier molecular flexibility index (Phi) is 8.11. The van der Waals surface area contributed by atoms with E-state index in [1.54, 1.807) is 0 Å². The van der Waals surface area contributed by atoms with E-state index in [0.717, 1.165) is 13.1 Å². The number of likely N-dealkylation sites (N-methyl/N-ethyl adjacent to an activating group) is 2. The van der Waals surface area contributed by atoms with Gasteiger partial charge >= 0.3 is 0 Å². The van der Waals surface area contributed by atoms with E-state index in [1.807, 2.05) is 20.9 Å². The zero-order chi connectivity index (χ0) is 11.7. The van der Waals surface area contributed by atoms with E-state index in [2.05, 4.69) is 36.3 Å². The molecule has 0 unspecified atom stereocenters. The van der Waals surface area contributed by atoms with E-state index in [0.29, 0.717) is 0 Å². The van der Waals surface area contributed by atoms with Gasteiger partial charge in [0.05, 0.1) is 0 Å². The molecule has 1 aliphatic rings. The van der Waals surface area contributed by atoms with E-state index < -0.39 is 0 Å². The van der Waals surface area contributed by atoms with Gasteiger partial charge in [-0.05, 0) is 32.9 Å². The van der Waals surface area contributed by atoms with Crippen molar-refractivity contribution < 1.29 is 0 Å². The first-order valence-corrected chi connectivity index (χ1v) is 5.96. The highest BCUT2D eigenvalue weighted by molar-refractivity contribution is 5.21. The number of nitrogens with one attached hydrogen (secondary N) is 1. The molecule has 15 heavy (non-hydrogen) atoms. The first-order valence-electron chi connectivity index (χ1n) is 5.96. The lowest BCUT2D eigenvalue weighted by molar-refractivity contribution is 0.398. The number of nitrogens with zero attached hydrogens (tertiary/aromatic N) is 1. The highest BCUT2D eigenvalue weighted by atomic mass is 15.1. The Morgan fingerprint density at radius 1 is 1.27 bits per heavy atom. The zero-order valence-corrected chi connectivity index (χ0v) is 10.9. The van der Waals surface area contributed by atoms with Gasteiger partial charge in [0.15, 0.2) is 0 Å². The van der Waals surface area contributed by atoms with Crippen LogP contribution in [0.15, 0.2) is 23.4 Å². The molecule has 1 aliphatic carbocycles. The standard InChI is InChI=1S/C11H20N2.C2H6/c1-10-4-6-11(7-5-10)13(3)9-8-12-2;1-2/h4,6,12H,5,7-9H2,1-3H3;1-2H3. The van der Waals surface area contributed by atoms with Crippen molar-refractivity contribution in [2.75, 3.05) is 27.2 Å². The van der Waals surface area contributed by atoms with Crippen molar-refractivity contribution in [1.29, 1.82) is 0 Å². The third-order valence-corrected chi connectivity index (χ3v) is 2.52. The quantitative estimate of drug-likeness (QED) is 0.767. The molecule has 88 valence electrons. The van der Waals surface area contributed by atoms with Crippen LogP contribution in [0.3, 0.4) is 0 Å². The van der Waals surface area contributed by atoms with Gasteiger partial charge in [0, 0.05) is 25.8 Å². The average Bonchev–Trinajstić information content (AvgIpc) is 2.29. The molecule has 0 amide bonds. The Balaban J connectivity index is 0.000000921. The topological polar surface area (TPSA) is 15.3 Å². The molecule has 0 aliphatic heterocycles. The molecule has 2 nitrogen and oxygen atoms in total. The highest BCUT2D eigenvalue weighted by Crippen LogP contribution is 2.19. The fraction of sp³-hybridized carbons (Fsp3) is 0.692. The normalized spacial score (nSPS) is 14.7. The van der Waals surface area contributed by atoms with E-state index in [9.17, 15) is 0 Å². The summed E-state index contributed by atoms with van der Waals surface area (Å²) in [4.78, 5) is 2.33. The van der Waals surface area contributed by atoms with Crippen LogP contribution in [0.5, 0.6) is 0 Å². The maximum atomic E-state index is 3.16. The molecule has 0 aromatic rings. The van der Waals surface area contributed by atoms with Crippen LogP contribution in [0, 0.1) is 0 Å². The molecule has 0 atom stereocenters.